The highest BCUT2D eigenvalue weighted by Crippen LogP contribution is 2.38. The molecule has 0 amide bonds. The molecule has 0 aromatic heterocycles. The Morgan fingerprint density at radius 2 is 1.70 bits per heavy atom. The third-order valence-corrected chi connectivity index (χ3v) is 4.64. The summed E-state index contributed by atoms with van der Waals surface area (Å²) in [5.74, 6) is 0.486. The van der Waals surface area contributed by atoms with Crippen molar-refractivity contribution in [3.05, 3.63) is 62.3 Å². The molecule has 2 aromatic carbocycles. The van der Waals surface area contributed by atoms with E-state index in [9.17, 15) is 4.39 Å². The molecule has 0 spiro atoms. The van der Waals surface area contributed by atoms with Crippen molar-refractivity contribution in [3.63, 3.8) is 0 Å². The highest BCUT2D eigenvalue weighted by molar-refractivity contribution is 9.10. The standard InChI is InChI=1S/C15H12Br2ClFO/c1-2-20-10-4-6-12(14(17)8-10)15(18)11-5-3-9(19)7-13(11)16/h3-8,15H,2H2,1H3. The van der Waals surface area contributed by atoms with Crippen LogP contribution in [0.5, 0.6) is 5.75 Å². The Hall–Kier alpha value is -0.580. The smallest absolute Gasteiger partial charge is 0.124 e. The van der Waals surface area contributed by atoms with Gasteiger partial charge >= 0.3 is 0 Å². The van der Waals surface area contributed by atoms with Gasteiger partial charge in [0.1, 0.15) is 11.6 Å². The Morgan fingerprint density at radius 3 is 2.25 bits per heavy atom. The van der Waals surface area contributed by atoms with Crippen LogP contribution in [-0.4, -0.2) is 6.61 Å². The summed E-state index contributed by atoms with van der Waals surface area (Å²) in [6.07, 6.45) is 0. The van der Waals surface area contributed by atoms with Crippen molar-refractivity contribution < 1.29 is 9.13 Å². The lowest BCUT2D eigenvalue weighted by atomic mass is 10.0. The second-order valence-electron chi connectivity index (χ2n) is 4.14. The van der Waals surface area contributed by atoms with Gasteiger partial charge in [-0.05, 0) is 42.3 Å². The molecule has 2 rings (SSSR count). The molecule has 0 aliphatic carbocycles. The maximum Gasteiger partial charge on any atom is 0.124 e. The lowest BCUT2D eigenvalue weighted by Crippen LogP contribution is -1.98. The molecule has 0 fully saturated rings. The predicted molar refractivity (Wildman–Crippen MR) is 87.1 cm³/mol. The number of hydrogen-bond acceptors (Lipinski definition) is 1. The Kier molecular flexibility index (Phi) is 5.47. The van der Waals surface area contributed by atoms with Crippen LogP contribution < -0.4 is 4.74 Å². The third kappa shape index (κ3) is 3.54. The van der Waals surface area contributed by atoms with E-state index in [1.807, 2.05) is 25.1 Å². The zero-order valence-corrected chi connectivity index (χ0v) is 14.6. The number of halogens is 4. The van der Waals surface area contributed by atoms with Crippen LogP contribution in [0, 0.1) is 5.82 Å². The molecule has 0 heterocycles. The van der Waals surface area contributed by atoms with Gasteiger partial charge in [0.15, 0.2) is 0 Å². The van der Waals surface area contributed by atoms with E-state index >= 15 is 0 Å². The number of benzene rings is 2. The highest BCUT2D eigenvalue weighted by Gasteiger charge is 2.17. The van der Waals surface area contributed by atoms with E-state index < -0.39 is 0 Å². The van der Waals surface area contributed by atoms with E-state index in [0.717, 1.165) is 21.3 Å². The molecule has 0 radical (unpaired) electrons. The van der Waals surface area contributed by atoms with Gasteiger partial charge in [0.2, 0.25) is 0 Å². The molecule has 0 aliphatic rings. The first kappa shape index (κ1) is 15.8. The summed E-state index contributed by atoms with van der Waals surface area (Å²) in [5, 5.41) is -0.380. The average molecular weight is 423 g/mol. The first-order valence-electron chi connectivity index (χ1n) is 6.04. The van der Waals surface area contributed by atoms with Crippen molar-refractivity contribution >= 4 is 43.5 Å². The molecule has 2 aromatic rings. The monoisotopic (exact) mass is 420 g/mol. The molecular formula is C15H12Br2ClFO. The van der Waals surface area contributed by atoms with Gasteiger partial charge in [-0.3, -0.25) is 0 Å². The summed E-state index contributed by atoms with van der Waals surface area (Å²) in [7, 11) is 0. The van der Waals surface area contributed by atoms with Gasteiger partial charge in [0.05, 0.1) is 12.0 Å². The fourth-order valence-electron chi connectivity index (χ4n) is 1.84. The van der Waals surface area contributed by atoms with Crippen LogP contribution in [0.3, 0.4) is 0 Å². The summed E-state index contributed by atoms with van der Waals surface area (Å²) >= 11 is 13.3. The molecule has 1 unspecified atom stereocenters. The highest BCUT2D eigenvalue weighted by atomic mass is 79.9. The largest absolute Gasteiger partial charge is 0.494 e. The van der Waals surface area contributed by atoms with Gasteiger partial charge in [-0.2, -0.15) is 0 Å². The first-order chi connectivity index (χ1) is 9.52. The van der Waals surface area contributed by atoms with Crippen molar-refractivity contribution in [3.8, 4) is 5.75 Å². The van der Waals surface area contributed by atoms with E-state index in [0.29, 0.717) is 11.1 Å². The van der Waals surface area contributed by atoms with Crippen LogP contribution in [0.25, 0.3) is 0 Å². The van der Waals surface area contributed by atoms with E-state index in [2.05, 4.69) is 31.9 Å². The number of ether oxygens (including phenoxy) is 1. The van der Waals surface area contributed by atoms with Crippen molar-refractivity contribution in [1.29, 1.82) is 0 Å². The lowest BCUT2D eigenvalue weighted by Gasteiger charge is -2.15. The third-order valence-electron chi connectivity index (χ3n) is 2.79. The normalized spacial score (nSPS) is 12.2. The maximum absolute atomic E-state index is 13.1. The Labute approximate surface area is 139 Å². The van der Waals surface area contributed by atoms with Crippen molar-refractivity contribution in [2.75, 3.05) is 6.61 Å². The quantitative estimate of drug-likeness (QED) is 0.543. The van der Waals surface area contributed by atoms with Gasteiger partial charge < -0.3 is 4.74 Å². The van der Waals surface area contributed by atoms with Gasteiger partial charge in [-0.15, -0.1) is 11.6 Å². The van der Waals surface area contributed by atoms with Crippen LogP contribution in [-0.2, 0) is 0 Å². The molecule has 0 saturated heterocycles. The van der Waals surface area contributed by atoms with Crippen LogP contribution in [0.4, 0.5) is 4.39 Å². The van der Waals surface area contributed by atoms with Crippen molar-refractivity contribution in [2.24, 2.45) is 0 Å². The van der Waals surface area contributed by atoms with Crippen molar-refractivity contribution in [2.45, 2.75) is 12.3 Å². The molecule has 0 bridgehead atoms. The molecule has 0 N–H and O–H groups in total. The van der Waals surface area contributed by atoms with Crippen molar-refractivity contribution in [1.82, 2.24) is 0 Å². The van der Waals surface area contributed by atoms with Crippen LogP contribution in [0.1, 0.15) is 23.4 Å². The molecule has 20 heavy (non-hydrogen) atoms. The fraction of sp³-hybridized carbons (Fsp3) is 0.200. The second-order valence-corrected chi connectivity index (χ2v) is 6.29. The number of alkyl halides is 1. The Bertz CT molecular complexity index is 619. The van der Waals surface area contributed by atoms with E-state index in [1.165, 1.54) is 12.1 Å². The zero-order valence-electron chi connectivity index (χ0n) is 10.7. The minimum Gasteiger partial charge on any atom is -0.494 e. The zero-order chi connectivity index (χ0) is 14.7. The van der Waals surface area contributed by atoms with Gasteiger partial charge in [-0.1, -0.05) is 44.0 Å². The second kappa shape index (κ2) is 6.92. The molecule has 0 saturated carbocycles. The summed E-state index contributed by atoms with van der Waals surface area (Å²) in [4.78, 5) is 0. The molecule has 0 aliphatic heterocycles. The minimum atomic E-state index is -0.380. The molecule has 1 atom stereocenters. The van der Waals surface area contributed by atoms with Crippen LogP contribution in [0.15, 0.2) is 45.3 Å². The molecule has 5 heteroatoms. The number of rotatable bonds is 4. The SMILES string of the molecule is CCOc1ccc(C(Cl)c2ccc(F)cc2Br)c(Br)c1. The Morgan fingerprint density at radius 1 is 1.10 bits per heavy atom. The lowest BCUT2D eigenvalue weighted by molar-refractivity contribution is 0.340. The first-order valence-corrected chi connectivity index (χ1v) is 8.06. The summed E-state index contributed by atoms with van der Waals surface area (Å²) in [6.45, 7) is 2.54. The van der Waals surface area contributed by atoms with Crippen LogP contribution >= 0.6 is 43.5 Å². The molecule has 106 valence electrons. The van der Waals surface area contributed by atoms with E-state index in [-0.39, 0.29) is 11.2 Å². The fourth-order valence-corrected chi connectivity index (χ4v) is 3.66. The van der Waals surface area contributed by atoms with E-state index in [4.69, 9.17) is 16.3 Å². The Balaban J connectivity index is 2.35. The topological polar surface area (TPSA) is 9.23 Å². The predicted octanol–water partition coefficient (Wildman–Crippen LogP) is 6.08. The maximum atomic E-state index is 13.1. The average Bonchev–Trinajstić information content (AvgIpc) is 2.38. The van der Waals surface area contributed by atoms with Crippen LogP contribution in [0.2, 0.25) is 0 Å². The van der Waals surface area contributed by atoms with E-state index in [1.54, 1.807) is 6.07 Å². The summed E-state index contributed by atoms with van der Waals surface area (Å²) in [5.41, 5.74) is 1.72. The summed E-state index contributed by atoms with van der Waals surface area (Å²) in [6, 6.07) is 10.1. The molecular weight excluding hydrogens is 410 g/mol. The minimum absolute atomic E-state index is 0.296. The van der Waals surface area contributed by atoms with Gasteiger partial charge in [0, 0.05) is 8.95 Å². The van der Waals surface area contributed by atoms with Gasteiger partial charge in [0.25, 0.3) is 0 Å². The number of hydrogen-bond donors (Lipinski definition) is 0. The van der Waals surface area contributed by atoms with Gasteiger partial charge in [-0.25, -0.2) is 4.39 Å². The summed E-state index contributed by atoms with van der Waals surface area (Å²) < 4.78 is 20.1. The molecule has 1 nitrogen and oxygen atoms in total.